The molecule has 1 aliphatic rings. The molecule has 1 N–H and O–H groups in total. The fourth-order valence-corrected chi connectivity index (χ4v) is 2.75. The first-order valence-electron chi connectivity index (χ1n) is 7.35. The highest BCUT2D eigenvalue weighted by Crippen LogP contribution is 2.32. The van der Waals surface area contributed by atoms with Gasteiger partial charge in [0.2, 0.25) is 0 Å². The van der Waals surface area contributed by atoms with E-state index in [1.165, 1.54) is 12.0 Å². The molecule has 0 amide bonds. The Morgan fingerprint density at radius 2 is 2.10 bits per heavy atom. The van der Waals surface area contributed by atoms with Gasteiger partial charge >= 0.3 is 0 Å². The van der Waals surface area contributed by atoms with Gasteiger partial charge < -0.3 is 19.5 Å². The molecule has 0 radical (unpaired) electrons. The van der Waals surface area contributed by atoms with Crippen LogP contribution in [0, 0.1) is 0 Å². The second-order valence-electron chi connectivity index (χ2n) is 5.10. The molecule has 1 fully saturated rings. The third-order valence-electron chi connectivity index (χ3n) is 3.78. The summed E-state index contributed by atoms with van der Waals surface area (Å²) in [5.74, 6) is 1.55. The molecule has 1 aromatic rings. The van der Waals surface area contributed by atoms with E-state index in [0.29, 0.717) is 12.1 Å². The molecule has 0 spiro atoms. The van der Waals surface area contributed by atoms with Gasteiger partial charge in [0.15, 0.2) is 11.5 Å². The van der Waals surface area contributed by atoms with Gasteiger partial charge in [-0.1, -0.05) is 13.0 Å². The number of methoxy groups -OCH3 is 2. The molecule has 1 aromatic carbocycles. The Balaban J connectivity index is 2.14. The fraction of sp³-hybridized carbons (Fsp3) is 0.625. The first-order valence-corrected chi connectivity index (χ1v) is 7.35. The lowest BCUT2D eigenvalue weighted by molar-refractivity contribution is 0.0947. The first kappa shape index (κ1) is 15.1. The lowest BCUT2D eigenvalue weighted by Crippen LogP contribution is -2.25. The Morgan fingerprint density at radius 3 is 2.70 bits per heavy atom. The molecule has 1 aliphatic heterocycles. The van der Waals surface area contributed by atoms with E-state index in [4.69, 9.17) is 14.2 Å². The van der Waals surface area contributed by atoms with E-state index in [1.54, 1.807) is 14.2 Å². The summed E-state index contributed by atoms with van der Waals surface area (Å²) < 4.78 is 16.4. The highest BCUT2D eigenvalue weighted by molar-refractivity contribution is 5.43. The Hall–Kier alpha value is -1.26. The number of ether oxygens (including phenoxy) is 3. The zero-order valence-corrected chi connectivity index (χ0v) is 12.6. The van der Waals surface area contributed by atoms with E-state index in [0.717, 1.165) is 37.5 Å². The van der Waals surface area contributed by atoms with Crippen LogP contribution in [0.3, 0.4) is 0 Å². The van der Waals surface area contributed by atoms with Gasteiger partial charge in [0.25, 0.3) is 0 Å². The van der Waals surface area contributed by atoms with Crippen LogP contribution in [-0.2, 0) is 4.74 Å². The molecule has 0 bridgehead atoms. The predicted octanol–water partition coefficient (Wildman–Crippen LogP) is 2.92. The molecule has 0 aliphatic carbocycles. The van der Waals surface area contributed by atoms with Crippen LogP contribution in [0.25, 0.3) is 0 Å². The highest BCUT2D eigenvalue weighted by atomic mass is 16.5. The van der Waals surface area contributed by atoms with Crippen molar-refractivity contribution in [1.29, 1.82) is 0 Å². The Kier molecular flexibility index (Phi) is 5.68. The van der Waals surface area contributed by atoms with Crippen molar-refractivity contribution in [1.82, 2.24) is 5.32 Å². The number of rotatable bonds is 7. The molecule has 2 atom stereocenters. The fourth-order valence-electron chi connectivity index (χ4n) is 2.75. The van der Waals surface area contributed by atoms with Crippen LogP contribution in [-0.4, -0.2) is 33.5 Å². The van der Waals surface area contributed by atoms with Crippen molar-refractivity contribution in [3.63, 3.8) is 0 Å². The minimum atomic E-state index is 0.294. The zero-order valence-electron chi connectivity index (χ0n) is 12.6. The van der Waals surface area contributed by atoms with Gasteiger partial charge in [-0.05, 0) is 43.5 Å². The van der Waals surface area contributed by atoms with Crippen LogP contribution in [0.15, 0.2) is 18.2 Å². The van der Waals surface area contributed by atoms with Crippen LogP contribution >= 0.6 is 0 Å². The minimum absolute atomic E-state index is 0.294. The van der Waals surface area contributed by atoms with Crippen LogP contribution < -0.4 is 14.8 Å². The van der Waals surface area contributed by atoms with E-state index in [9.17, 15) is 0 Å². The summed E-state index contributed by atoms with van der Waals surface area (Å²) in [6.45, 7) is 3.96. The molecule has 112 valence electrons. The summed E-state index contributed by atoms with van der Waals surface area (Å²) in [5, 5.41) is 3.54. The molecule has 1 heterocycles. The van der Waals surface area contributed by atoms with Crippen LogP contribution in [0.5, 0.6) is 11.5 Å². The number of nitrogens with one attached hydrogen (secondary N) is 1. The van der Waals surface area contributed by atoms with Gasteiger partial charge in [0.05, 0.1) is 20.3 Å². The molecule has 0 saturated carbocycles. The smallest absolute Gasteiger partial charge is 0.161 e. The summed E-state index contributed by atoms with van der Waals surface area (Å²) in [4.78, 5) is 0. The second-order valence-corrected chi connectivity index (χ2v) is 5.10. The summed E-state index contributed by atoms with van der Waals surface area (Å²) in [6.07, 6.45) is 3.71. The summed E-state index contributed by atoms with van der Waals surface area (Å²) >= 11 is 0. The summed E-state index contributed by atoms with van der Waals surface area (Å²) in [5.41, 5.74) is 1.22. The molecule has 2 unspecified atom stereocenters. The monoisotopic (exact) mass is 279 g/mol. The third kappa shape index (κ3) is 3.64. The van der Waals surface area contributed by atoms with Crippen molar-refractivity contribution in [3.05, 3.63) is 23.8 Å². The molecular weight excluding hydrogens is 254 g/mol. The SMILES string of the molecule is CCNC(CC1CCCO1)c1ccc(OC)c(OC)c1. The van der Waals surface area contributed by atoms with Crippen molar-refractivity contribution in [2.24, 2.45) is 0 Å². The van der Waals surface area contributed by atoms with Crippen molar-refractivity contribution in [2.45, 2.75) is 38.3 Å². The van der Waals surface area contributed by atoms with E-state index in [2.05, 4.69) is 24.4 Å². The van der Waals surface area contributed by atoms with Crippen LogP contribution in [0.2, 0.25) is 0 Å². The largest absolute Gasteiger partial charge is 0.493 e. The van der Waals surface area contributed by atoms with Crippen LogP contribution in [0.1, 0.15) is 37.8 Å². The first-order chi connectivity index (χ1) is 9.78. The average molecular weight is 279 g/mol. The Morgan fingerprint density at radius 1 is 1.30 bits per heavy atom. The quantitative estimate of drug-likeness (QED) is 0.833. The van der Waals surface area contributed by atoms with E-state index in [1.807, 2.05) is 6.07 Å². The second kappa shape index (κ2) is 7.50. The lowest BCUT2D eigenvalue weighted by atomic mass is 9.98. The van der Waals surface area contributed by atoms with E-state index in [-0.39, 0.29) is 0 Å². The molecule has 2 rings (SSSR count). The zero-order chi connectivity index (χ0) is 14.4. The van der Waals surface area contributed by atoms with Crippen LogP contribution in [0.4, 0.5) is 0 Å². The maximum atomic E-state index is 5.76. The minimum Gasteiger partial charge on any atom is -0.493 e. The van der Waals surface area contributed by atoms with Crippen molar-refractivity contribution < 1.29 is 14.2 Å². The van der Waals surface area contributed by atoms with Gasteiger partial charge in [-0.15, -0.1) is 0 Å². The Labute approximate surface area is 121 Å². The molecule has 0 aromatic heterocycles. The standard InChI is InChI=1S/C16H25NO3/c1-4-17-14(11-13-6-5-9-20-13)12-7-8-15(18-2)16(10-12)19-3/h7-8,10,13-14,17H,4-6,9,11H2,1-3H3. The number of hydrogen-bond acceptors (Lipinski definition) is 4. The van der Waals surface area contributed by atoms with E-state index < -0.39 is 0 Å². The highest BCUT2D eigenvalue weighted by Gasteiger charge is 2.22. The van der Waals surface area contributed by atoms with Crippen molar-refractivity contribution in [3.8, 4) is 11.5 Å². The number of hydrogen-bond donors (Lipinski definition) is 1. The molecule has 1 saturated heterocycles. The maximum Gasteiger partial charge on any atom is 0.161 e. The van der Waals surface area contributed by atoms with Crippen molar-refractivity contribution >= 4 is 0 Å². The molecule has 4 heteroatoms. The molecular formula is C16H25NO3. The average Bonchev–Trinajstić information content (AvgIpc) is 2.99. The maximum absolute atomic E-state index is 5.76. The van der Waals surface area contributed by atoms with E-state index >= 15 is 0 Å². The molecule has 4 nitrogen and oxygen atoms in total. The summed E-state index contributed by atoms with van der Waals surface area (Å²) in [6, 6.07) is 6.42. The summed E-state index contributed by atoms with van der Waals surface area (Å²) in [7, 11) is 3.33. The van der Waals surface area contributed by atoms with Gasteiger partial charge in [-0.3, -0.25) is 0 Å². The lowest BCUT2D eigenvalue weighted by Gasteiger charge is -2.22. The third-order valence-corrected chi connectivity index (χ3v) is 3.78. The number of benzene rings is 1. The van der Waals surface area contributed by atoms with Gasteiger partial charge in [0.1, 0.15) is 0 Å². The van der Waals surface area contributed by atoms with Gasteiger partial charge in [0, 0.05) is 12.6 Å². The Bertz CT molecular complexity index is 416. The van der Waals surface area contributed by atoms with Gasteiger partial charge in [-0.25, -0.2) is 0 Å². The molecule has 20 heavy (non-hydrogen) atoms. The predicted molar refractivity (Wildman–Crippen MR) is 79.6 cm³/mol. The topological polar surface area (TPSA) is 39.7 Å². The van der Waals surface area contributed by atoms with Crippen molar-refractivity contribution in [2.75, 3.05) is 27.4 Å². The van der Waals surface area contributed by atoms with Gasteiger partial charge in [-0.2, -0.15) is 0 Å². The normalized spacial score (nSPS) is 19.9.